The molecule has 2 rings (SSSR count). The molecule has 0 spiro atoms. The molecule has 0 atom stereocenters. The SMILES string of the molecule is Nc1cc(Cl)cc(C(=O)Cc2ccc(C(F)(F)F)cc2)c1. The average molecular weight is 314 g/mol. The van der Waals surface area contributed by atoms with Crippen molar-refractivity contribution in [3.63, 3.8) is 0 Å². The second-order valence-corrected chi connectivity index (χ2v) is 5.00. The van der Waals surface area contributed by atoms with Crippen molar-refractivity contribution in [3.05, 3.63) is 64.2 Å². The van der Waals surface area contributed by atoms with Crippen molar-refractivity contribution in [3.8, 4) is 0 Å². The lowest BCUT2D eigenvalue weighted by molar-refractivity contribution is -0.137. The zero-order chi connectivity index (χ0) is 15.6. The van der Waals surface area contributed by atoms with Gasteiger partial charge in [0.25, 0.3) is 0 Å². The minimum absolute atomic E-state index is 0.0160. The number of nitrogens with two attached hydrogens (primary N) is 1. The molecule has 0 bridgehead atoms. The minimum atomic E-state index is -4.38. The number of rotatable bonds is 3. The van der Waals surface area contributed by atoms with Crippen LogP contribution in [0.2, 0.25) is 5.02 Å². The molecule has 0 unspecified atom stereocenters. The van der Waals surface area contributed by atoms with Gasteiger partial charge in [-0.3, -0.25) is 4.79 Å². The summed E-state index contributed by atoms with van der Waals surface area (Å²) in [7, 11) is 0. The number of halogens is 4. The van der Waals surface area contributed by atoms with Crippen LogP contribution in [0.3, 0.4) is 0 Å². The Hall–Kier alpha value is -2.01. The molecule has 2 nitrogen and oxygen atoms in total. The van der Waals surface area contributed by atoms with Crippen LogP contribution in [0.1, 0.15) is 21.5 Å². The van der Waals surface area contributed by atoms with Crippen molar-refractivity contribution in [2.45, 2.75) is 12.6 Å². The zero-order valence-electron chi connectivity index (χ0n) is 10.7. The summed E-state index contributed by atoms with van der Waals surface area (Å²) < 4.78 is 37.3. The Kier molecular flexibility index (Phi) is 4.23. The molecule has 0 heterocycles. The molecule has 0 radical (unpaired) electrons. The van der Waals surface area contributed by atoms with Gasteiger partial charge in [0, 0.05) is 22.7 Å². The van der Waals surface area contributed by atoms with Gasteiger partial charge >= 0.3 is 6.18 Å². The molecule has 0 saturated carbocycles. The van der Waals surface area contributed by atoms with Gasteiger partial charge in [0.05, 0.1) is 5.56 Å². The van der Waals surface area contributed by atoms with Gasteiger partial charge in [-0.05, 0) is 35.9 Å². The molecular formula is C15H11ClF3NO. The number of nitrogen functional groups attached to an aromatic ring is 1. The van der Waals surface area contributed by atoms with Crippen LogP contribution in [0, 0.1) is 0 Å². The molecule has 0 aliphatic heterocycles. The van der Waals surface area contributed by atoms with Gasteiger partial charge in [0.15, 0.2) is 5.78 Å². The van der Waals surface area contributed by atoms with Crippen molar-refractivity contribution in [1.82, 2.24) is 0 Å². The number of Topliss-reactive ketones (excluding diaryl/α,β-unsaturated/α-hetero) is 1. The smallest absolute Gasteiger partial charge is 0.399 e. The van der Waals surface area contributed by atoms with E-state index in [1.54, 1.807) is 0 Å². The molecule has 0 aliphatic carbocycles. The van der Waals surface area contributed by atoms with Gasteiger partial charge in [0.2, 0.25) is 0 Å². The van der Waals surface area contributed by atoms with Crippen LogP contribution in [0.25, 0.3) is 0 Å². The first-order valence-corrected chi connectivity index (χ1v) is 6.39. The third-order valence-electron chi connectivity index (χ3n) is 2.89. The van der Waals surface area contributed by atoms with Crippen molar-refractivity contribution in [2.75, 3.05) is 5.73 Å². The van der Waals surface area contributed by atoms with Crippen LogP contribution in [0.15, 0.2) is 42.5 Å². The summed E-state index contributed by atoms with van der Waals surface area (Å²) in [5.74, 6) is -0.260. The van der Waals surface area contributed by atoms with Crippen LogP contribution < -0.4 is 5.73 Å². The highest BCUT2D eigenvalue weighted by Crippen LogP contribution is 2.29. The van der Waals surface area contributed by atoms with Crippen LogP contribution >= 0.6 is 11.6 Å². The van der Waals surface area contributed by atoms with E-state index in [1.807, 2.05) is 0 Å². The van der Waals surface area contributed by atoms with E-state index in [0.29, 0.717) is 21.8 Å². The third kappa shape index (κ3) is 3.98. The molecule has 0 amide bonds. The van der Waals surface area contributed by atoms with E-state index in [4.69, 9.17) is 17.3 Å². The number of alkyl halides is 3. The van der Waals surface area contributed by atoms with Crippen molar-refractivity contribution < 1.29 is 18.0 Å². The average Bonchev–Trinajstić information content (AvgIpc) is 2.37. The fourth-order valence-corrected chi connectivity index (χ4v) is 2.12. The molecule has 0 fully saturated rings. The number of carbonyl (C=O) groups excluding carboxylic acids is 1. The molecule has 0 saturated heterocycles. The second kappa shape index (κ2) is 5.77. The molecule has 6 heteroatoms. The number of hydrogen-bond donors (Lipinski definition) is 1. The highest BCUT2D eigenvalue weighted by atomic mass is 35.5. The van der Waals surface area contributed by atoms with Crippen LogP contribution in [-0.4, -0.2) is 5.78 Å². The van der Waals surface area contributed by atoms with E-state index in [2.05, 4.69) is 0 Å². The summed E-state index contributed by atoms with van der Waals surface area (Å²) in [5.41, 5.74) is 6.04. The van der Waals surface area contributed by atoms with E-state index < -0.39 is 11.7 Å². The summed E-state index contributed by atoms with van der Waals surface area (Å²) in [6.07, 6.45) is -4.40. The summed E-state index contributed by atoms with van der Waals surface area (Å²) in [6, 6.07) is 8.95. The Bertz CT molecular complexity index is 645. The molecule has 2 N–H and O–H groups in total. The topological polar surface area (TPSA) is 43.1 Å². The van der Waals surface area contributed by atoms with Crippen molar-refractivity contribution in [2.24, 2.45) is 0 Å². The molecule has 2 aromatic rings. The maximum atomic E-state index is 12.4. The number of hydrogen-bond acceptors (Lipinski definition) is 2. The third-order valence-corrected chi connectivity index (χ3v) is 3.11. The minimum Gasteiger partial charge on any atom is -0.399 e. The van der Waals surface area contributed by atoms with Gasteiger partial charge in [-0.25, -0.2) is 0 Å². The number of carbonyl (C=O) groups is 1. The van der Waals surface area contributed by atoms with E-state index in [-0.39, 0.29) is 12.2 Å². The van der Waals surface area contributed by atoms with Gasteiger partial charge < -0.3 is 5.73 Å². The van der Waals surface area contributed by atoms with E-state index in [9.17, 15) is 18.0 Å². The predicted molar refractivity (Wildman–Crippen MR) is 75.3 cm³/mol. The van der Waals surface area contributed by atoms with Crippen LogP contribution in [-0.2, 0) is 12.6 Å². The summed E-state index contributed by atoms with van der Waals surface area (Å²) in [4.78, 5) is 12.1. The summed E-state index contributed by atoms with van der Waals surface area (Å²) in [5, 5.41) is 0.339. The van der Waals surface area contributed by atoms with Gasteiger partial charge in [-0.15, -0.1) is 0 Å². The Morgan fingerprint density at radius 3 is 2.24 bits per heavy atom. The standard InChI is InChI=1S/C15H11ClF3NO/c16-12-6-10(7-13(20)8-12)14(21)5-9-1-3-11(4-2-9)15(17,18)19/h1-4,6-8H,5,20H2. The van der Waals surface area contributed by atoms with Crippen LogP contribution in [0.4, 0.5) is 18.9 Å². The van der Waals surface area contributed by atoms with E-state index in [1.165, 1.54) is 30.3 Å². The maximum Gasteiger partial charge on any atom is 0.416 e. The van der Waals surface area contributed by atoms with Gasteiger partial charge in [-0.1, -0.05) is 23.7 Å². The number of ketones is 1. The lowest BCUT2D eigenvalue weighted by atomic mass is 10.0. The first-order valence-electron chi connectivity index (χ1n) is 6.01. The predicted octanol–water partition coefficient (Wildman–Crippen LogP) is 4.37. The molecule has 110 valence electrons. The zero-order valence-corrected chi connectivity index (χ0v) is 11.5. The quantitative estimate of drug-likeness (QED) is 0.675. The Morgan fingerprint density at radius 2 is 1.71 bits per heavy atom. The maximum absolute atomic E-state index is 12.4. The molecule has 2 aromatic carbocycles. The fourth-order valence-electron chi connectivity index (χ4n) is 1.87. The molecule has 0 aromatic heterocycles. The highest BCUT2D eigenvalue weighted by Gasteiger charge is 2.29. The Labute approximate surface area is 124 Å². The monoisotopic (exact) mass is 313 g/mol. The lowest BCUT2D eigenvalue weighted by Gasteiger charge is -2.08. The Balaban J connectivity index is 2.16. The van der Waals surface area contributed by atoms with E-state index >= 15 is 0 Å². The van der Waals surface area contributed by atoms with Crippen LogP contribution in [0.5, 0.6) is 0 Å². The molecular weight excluding hydrogens is 303 g/mol. The van der Waals surface area contributed by atoms with Crippen molar-refractivity contribution >= 4 is 23.1 Å². The van der Waals surface area contributed by atoms with Gasteiger partial charge in [-0.2, -0.15) is 13.2 Å². The first kappa shape index (κ1) is 15.4. The normalized spacial score (nSPS) is 11.4. The van der Waals surface area contributed by atoms with Gasteiger partial charge in [0.1, 0.15) is 0 Å². The largest absolute Gasteiger partial charge is 0.416 e. The first-order chi connectivity index (χ1) is 9.75. The lowest BCUT2D eigenvalue weighted by Crippen LogP contribution is -2.07. The number of anilines is 1. The number of benzene rings is 2. The Morgan fingerprint density at radius 1 is 1.10 bits per heavy atom. The molecule has 0 aliphatic rings. The highest BCUT2D eigenvalue weighted by molar-refractivity contribution is 6.31. The second-order valence-electron chi connectivity index (χ2n) is 4.57. The molecule has 21 heavy (non-hydrogen) atoms. The fraction of sp³-hybridized carbons (Fsp3) is 0.133. The summed E-state index contributed by atoms with van der Waals surface area (Å²) >= 11 is 5.81. The van der Waals surface area contributed by atoms with Crippen molar-refractivity contribution in [1.29, 1.82) is 0 Å². The van der Waals surface area contributed by atoms with E-state index in [0.717, 1.165) is 12.1 Å². The summed E-state index contributed by atoms with van der Waals surface area (Å²) in [6.45, 7) is 0.